The summed E-state index contributed by atoms with van der Waals surface area (Å²) in [5.41, 5.74) is 0.600. The molecule has 1 fully saturated rings. The Balaban J connectivity index is 1.82. The third-order valence-corrected chi connectivity index (χ3v) is 3.67. The Kier molecular flexibility index (Phi) is 5.35. The second-order valence-corrected chi connectivity index (χ2v) is 5.47. The molecule has 1 unspecified atom stereocenters. The lowest BCUT2D eigenvalue weighted by molar-refractivity contribution is 0.0945. The van der Waals surface area contributed by atoms with Gasteiger partial charge < -0.3 is 15.5 Å². The van der Waals surface area contributed by atoms with Gasteiger partial charge in [-0.3, -0.25) is 4.79 Å². The van der Waals surface area contributed by atoms with Gasteiger partial charge in [0.2, 0.25) is 0 Å². The average molecular weight is 276 g/mol. The van der Waals surface area contributed by atoms with Crippen LogP contribution in [0.1, 0.15) is 30.1 Å². The largest absolute Gasteiger partial charge is 0.372 e. The minimum Gasteiger partial charge on any atom is -0.372 e. The molecule has 2 rings (SSSR count). The zero-order valence-electron chi connectivity index (χ0n) is 12.4. The Morgan fingerprint density at radius 3 is 2.90 bits per heavy atom. The van der Waals surface area contributed by atoms with Crippen LogP contribution in [0.3, 0.4) is 0 Å². The van der Waals surface area contributed by atoms with Gasteiger partial charge in [-0.05, 0) is 44.0 Å². The summed E-state index contributed by atoms with van der Waals surface area (Å²) < 4.78 is 0. The Labute approximate surface area is 120 Å². The number of nitrogens with zero attached hydrogens (tertiary/aromatic N) is 2. The summed E-state index contributed by atoms with van der Waals surface area (Å²) in [6, 6.07) is 3.57. The van der Waals surface area contributed by atoms with Crippen molar-refractivity contribution >= 4 is 11.7 Å². The average Bonchev–Trinajstić information content (AvgIpc) is 2.97. The van der Waals surface area contributed by atoms with Crippen LogP contribution in [0.5, 0.6) is 0 Å². The van der Waals surface area contributed by atoms with Crippen LogP contribution in [0.15, 0.2) is 18.3 Å². The number of carbonyl (C=O) groups excluding carboxylic acids is 1. The molecule has 1 aromatic heterocycles. The molecule has 1 aliphatic heterocycles. The smallest absolute Gasteiger partial charge is 0.255 e. The van der Waals surface area contributed by atoms with E-state index in [0.717, 1.165) is 6.54 Å². The maximum atomic E-state index is 12.2. The molecule has 0 saturated carbocycles. The van der Waals surface area contributed by atoms with Crippen molar-refractivity contribution in [1.29, 1.82) is 0 Å². The number of pyridine rings is 1. The van der Waals surface area contributed by atoms with Crippen molar-refractivity contribution in [3.8, 4) is 0 Å². The molecule has 0 bridgehead atoms. The lowest BCUT2D eigenvalue weighted by Crippen LogP contribution is -2.34. The number of nitrogens with one attached hydrogen (secondary N) is 2. The SMILES string of the molecule is CNc1ncccc1C(=O)NCC(C)CN1CCCC1. The summed E-state index contributed by atoms with van der Waals surface area (Å²) in [6.07, 6.45) is 4.29. The third-order valence-electron chi connectivity index (χ3n) is 3.67. The number of rotatable bonds is 6. The van der Waals surface area contributed by atoms with Crippen LogP contribution in [0.2, 0.25) is 0 Å². The molecule has 2 heterocycles. The van der Waals surface area contributed by atoms with Crippen molar-refractivity contribution in [2.75, 3.05) is 38.5 Å². The lowest BCUT2D eigenvalue weighted by atomic mass is 10.1. The molecule has 0 aromatic carbocycles. The van der Waals surface area contributed by atoms with E-state index in [9.17, 15) is 4.79 Å². The number of hydrogen-bond donors (Lipinski definition) is 2. The second-order valence-electron chi connectivity index (χ2n) is 5.47. The molecule has 1 atom stereocenters. The van der Waals surface area contributed by atoms with Gasteiger partial charge in [-0.15, -0.1) is 0 Å². The van der Waals surface area contributed by atoms with Gasteiger partial charge in [0.25, 0.3) is 5.91 Å². The first-order chi connectivity index (χ1) is 9.70. The summed E-state index contributed by atoms with van der Waals surface area (Å²) in [4.78, 5) is 18.8. The molecule has 5 heteroatoms. The minimum atomic E-state index is -0.0595. The highest BCUT2D eigenvalue weighted by Gasteiger charge is 2.16. The molecular weight excluding hydrogens is 252 g/mol. The van der Waals surface area contributed by atoms with Crippen LogP contribution in [-0.4, -0.2) is 49.0 Å². The van der Waals surface area contributed by atoms with Gasteiger partial charge in [0.05, 0.1) is 5.56 Å². The quantitative estimate of drug-likeness (QED) is 0.828. The normalized spacial score (nSPS) is 16.9. The number of hydrogen-bond acceptors (Lipinski definition) is 4. The summed E-state index contributed by atoms with van der Waals surface area (Å²) in [6.45, 7) is 6.34. The van der Waals surface area contributed by atoms with Gasteiger partial charge in [-0.2, -0.15) is 0 Å². The molecule has 5 nitrogen and oxygen atoms in total. The lowest BCUT2D eigenvalue weighted by Gasteiger charge is -2.20. The number of carbonyl (C=O) groups is 1. The Morgan fingerprint density at radius 2 is 2.20 bits per heavy atom. The second kappa shape index (κ2) is 7.24. The number of aromatic nitrogens is 1. The fourth-order valence-corrected chi connectivity index (χ4v) is 2.62. The van der Waals surface area contributed by atoms with Crippen LogP contribution in [0.25, 0.3) is 0 Å². The van der Waals surface area contributed by atoms with Crippen LogP contribution in [0.4, 0.5) is 5.82 Å². The van der Waals surface area contributed by atoms with E-state index in [1.54, 1.807) is 25.4 Å². The molecule has 1 saturated heterocycles. The summed E-state index contributed by atoms with van der Waals surface area (Å²) in [5.74, 6) is 1.03. The van der Waals surface area contributed by atoms with E-state index in [-0.39, 0.29) is 5.91 Å². The van der Waals surface area contributed by atoms with Gasteiger partial charge in [-0.1, -0.05) is 6.92 Å². The van der Waals surface area contributed by atoms with E-state index < -0.39 is 0 Å². The van der Waals surface area contributed by atoms with E-state index in [4.69, 9.17) is 0 Å². The van der Waals surface area contributed by atoms with Crippen LogP contribution < -0.4 is 10.6 Å². The molecule has 1 aliphatic rings. The van der Waals surface area contributed by atoms with Crippen molar-refractivity contribution < 1.29 is 4.79 Å². The molecule has 20 heavy (non-hydrogen) atoms. The van der Waals surface area contributed by atoms with Gasteiger partial charge in [0, 0.05) is 26.3 Å². The molecule has 1 amide bonds. The number of likely N-dealkylation sites (tertiary alicyclic amines) is 1. The molecule has 1 aromatic rings. The van der Waals surface area contributed by atoms with Crippen molar-refractivity contribution in [2.24, 2.45) is 5.92 Å². The predicted molar refractivity (Wildman–Crippen MR) is 81.0 cm³/mol. The van der Waals surface area contributed by atoms with Gasteiger partial charge in [0.15, 0.2) is 0 Å². The first kappa shape index (κ1) is 14.8. The van der Waals surface area contributed by atoms with Crippen LogP contribution in [0, 0.1) is 5.92 Å². The first-order valence-corrected chi connectivity index (χ1v) is 7.34. The fourth-order valence-electron chi connectivity index (χ4n) is 2.62. The molecule has 2 N–H and O–H groups in total. The Bertz CT molecular complexity index is 443. The standard InChI is InChI=1S/C15H24N4O/c1-12(11-19-8-3-4-9-19)10-18-15(20)13-6-5-7-17-14(13)16-2/h5-7,12H,3-4,8-11H2,1-2H3,(H,16,17)(H,18,20). The monoisotopic (exact) mass is 276 g/mol. The summed E-state index contributed by atoms with van der Waals surface area (Å²) >= 11 is 0. The van der Waals surface area contributed by atoms with Crippen molar-refractivity contribution in [3.63, 3.8) is 0 Å². The maximum Gasteiger partial charge on any atom is 0.255 e. The zero-order valence-corrected chi connectivity index (χ0v) is 12.4. The van der Waals surface area contributed by atoms with E-state index in [1.807, 2.05) is 0 Å². The third kappa shape index (κ3) is 3.93. The minimum absolute atomic E-state index is 0.0595. The summed E-state index contributed by atoms with van der Waals surface area (Å²) in [5, 5.41) is 5.94. The molecule has 0 aliphatic carbocycles. The Hall–Kier alpha value is -1.62. The van der Waals surface area contributed by atoms with E-state index in [2.05, 4.69) is 27.4 Å². The molecule has 110 valence electrons. The fraction of sp³-hybridized carbons (Fsp3) is 0.600. The summed E-state index contributed by atoms with van der Waals surface area (Å²) in [7, 11) is 1.77. The van der Waals surface area contributed by atoms with Crippen LogP contribution >= 0.6 is 0 Å². The predicted octanol–water partition coefficient (Wildman–Crippen LogP) is 1.58. The van der Waals surface area contributed by atoms with E-state index >= 15 is 0 Å². The van der Waals surface area contributed by atoms with E-state index in [1.165, 1.54) is 25.9 Å². The highest BCUT2D eigenvalue weighted by molar-refractivity contribution is 5.98. The number of amides is 1. The molecule has 0 radical (unpaired) electrons. The van der Waals surface area contributed by atoms with Crippen molar-refractivity contribution in [1.82, 2.24) is 15.2 Å². The topological polar surface area (TPSA) is 57.3 Å². The molecular formula is C15H24N4O. The zero-order chi connectivity index (χ0) is 14.4. The van der Waals surface area contributed by atoms with Gasteiger partial charge in [0.1, 0.15) is 5.82 Å². The highest BCUT2D eigenvalue weighted by Crippen LogP contribution is 2.12. The first-order valence-electron chi connectivity index (χ1n) is 7.34. The van der Waals surface area contributed by atoms with Crippen molar-refractivity contribution in [2.45, 2.75) is 19.8 Å². The molecule has 0 spiro atoms. The number of anilines is 1. The van der Waals surface area contributed by atoms with Gasteiger partial charge >= 0.3 is 0 Å². The Morgan fingerprint density at radius 1 is 1.45 bits per heavy atom. The van der Waals surface area contributed by atoms with Crippen LogP contribution in [-0.2, 0) is 0 Å². The maximum absolute atomic E-state index is 12.2. The highest BCUT2D eigenvalue weighted by atomic mass is 16.1. The van der Waals surface area contributed by atoms with Gasteiger partial charge in [-0.25, -0.2) is 4.98 Å². The van der Waals surface area contributed by atoms with Crippen molar-refractivity contribution in [3.05, 3.63) is 23.9 Å². The van der Waals surface area contributed by atoms with E-state index in [0.29, 0.717) is 23.8 Å².